The number of carbonyl (C=O) groups is 1. The van der Waals surface area contributed by atoms with Gasteiger partial charge in [0.25, 0.3) is 11.5 Å². The second kappa shape index (κ2) is 7.85. The van der Waals surface area contributed by atoms with Crippen molar-refractivity contribution in [3.63, 3.8) is 0 Å². The maximum atomic E-state index is 13.1. The Labute approximate surface area is 160 Å². The minimum Gasteiger partial charge on any atom is -0.375 e. The van der Waals surface area contributed by atoms with Crippen LogP contribution in [0.15, 0.2) is 35.3 Å². The lowest BCUT2D eigenvalue weighted by Crippen LogP contribution is -2.46. The summed E-state index contributed by atoms with van der Waals surface area (Å²) in [4.78, 5) is 25.9. The van der Waals surface area contributed by atoms with Crippen LogP contribution >= 0.6 is 0 Å². The van der Waals surface area contributed by atoms with E-state index in [4.69, 9.17) is 4.74 Å². The molecule has 1 amide bonds. The van der Waals surface area contributed by atoms with E-state index in [1.54, 1.807) is 16.8 Å². The van der Waals surface area contributed by atoms with Gasteiger partial charge in [-0.05, 0) is 45.1 Å². The smallest absolute Gasteiger partial charge is 0.258 e. The van der Waals surface area contributed by atoms with Crippen LogP contribution in [0.4, 0.5) is 0 Å². The number of rotatable bonds is 5. The van der Waals surface area contributed by atoms with Crippen molar-refractivity contribution in [1.82, 2.24) is 9.88 Å². The normalized spacial score (nSPS) is 19.4. The monoisotopic (exact) mass is 370 g/mol. The van der Waals surface area contributed by atoms with Gasteiger partial charge in [-0.1, -0.05) is 32.0 Å². The van der Waals surface area contributed by atoms with E-state index in [0.29, 0.717) is 35.4 Å². The van der Waals surface area contributed by atoms with Crippen molar-refractivity contribution in [3.05, 3.63) is 46.4 Å². The Hall–Kier alpha value is -2.14. The number of hydrogen-bond donors (Lipinski definition) is 1. The maximum Gasteiger partial charge on any atom is 0.258 e. The maximum absolute atomic E-state index is 13.1. The van der Waals surface area contributed by atoms with Gasteiger partial charge in [0.1, 0.15) is 0 Å². The van der Waals surface area contributed by atoms with Crippen LogP contribution in [0.25, 0.3) is 10.8 Å². The lowest BCUT2D eigenvalue weighted by Gasteiger charge is -2.35. The molecule has 1 saturated heterocycles. The Kier molecular flexibility index (Phi) is 5.70. The highest BCUT2D eigenvalue weighted by Crippen LogP contribution is 2.24. The number of aromatic nitrogens is 1. The van der Waals surface area contributed by atoms with Crippen LogP contribution < -0.4 is 10.9 Å². The Morgan fingerprint density at radius 1 is 1.30 bits per heavy atom. The number of amides is 1. The first-order valence-corrected chi connectivity index (χ1v) is 9.84. The second-order valence-electron chi connectivity index (χ2n) is 8.54. The number of pyridine rings is 1. The van der Waals surface area contributed by atoms with Crippen LogP contribution in [-0.2, 0) is 11.3 Å². The first kappa shape index (κ1) is 19.6. The van der Waals surface area contributed by atoms with Gasteiger partial charge in [0.2, 0.25) is 0 Å². The zero-order valence-corrected chi connectivity index (χ0v) is 16.7. The average Bonchev–Trinajstić information content (AvgIpc) is 2.60. The quantitative estimate of drug-likeness (QED) is 0.872. The summed E-state index contributed by atoms with van der Waals surface area (Å²) in [6.07, 6.45) is 4.21. The van der Waals surface area contributed by atoms with Crippen molar-refractivity contribution in [2.45, 2.75) is 65.1 Å². The molecule has 1 N–H and O–H groups in total. The summed E-state index contributed by atoms with van der Waals surface area (Å²) < 4.78 is 7.43. The fourth-order valence-corrected chi connectivity index (χ4v) is 3.71. The average molecular weight is 370 g/mol. The third kappa shape index (κ3) is 4.59. The fourth-order valence-electron chi connectivity index (χ4n) is 3.71. The predicted molar refractivity (Wildman–Crippen MR) is 108 cm³/mol. The highest BCUT2D eigenvalue weighted by atomic mass is 16.5. The van der Waals surface area contributed by atoms with E-state index in [9.17, 15) is 9.59 Å². The van der Waals surface area contributed by atoms with Crippen LogP contribution in [0.2, 0.25) is 0 Å². The van der Waals surface area contributed by atoms with Gasteiger partial charge in [-0.2, -0.15) is 0 Å². The molecule has 146 valence electrons. The van der Waals surface area contributed by atoms with Crippen LogP contribution in [0.1, 0.15) is 57.3 Å². The molecule has 2 heterocycles. The number of aryl methyl sites for hydroxylation is 1. The third-order valence-electron chi connectivity index (χ3n) is 5.22. The zero-order chi connectivity index (χ0) is 19.6. The van der Waals surface area contributed by atoms with Gasteiger partial charge in [-0.3, -0.25) is 9.59 Å². The summed E-state index contributed by atoms with van der Waals surface area (Å²) in [5.41, 5.74) is 0.308. The van der Waals surface area contributed by atoms with Gasteiger partial charge >= 0.3 is 0 Å². The Balaban J connectivity index is 1.93. The SMILES string of the molecule is CC(C)CCn1cc(C(=O)N[C@@H]2CCOC(C)(C)C2)c2ccccc2c1=O. The lowest BCUT2D eigenvalue weighted by molar-refractivity contribution is -0.0615. The lowest BCUT2D eigenvalue weighted by atomic mass is 9.93. The van der Waals surface area contributed by atoms with E-state index in [1.165, 1.54) is 0 Å². The minimum absolute atomic E-state index is 0.0324. The molecule has 5 heteroatoms. The molecule has 1 aromatic carbocycles. The molecule has 0 bridgehead atoms. The van der Waals surface area contributed by atoms with E-state index in [-0.39, 0.29) is 23.1 Å². The predicted octanol–water partition coefficient (Wildman–Crippen LogP) is 3.74. The third-order valence-corrected chi connectivity index (χ3v) is 5.22. The Morgan fingerprint density at radius 2 is 2.00 bits per heavy atom. The number of hydrogen-bond acceptors (Lipinski definition) is 3. The van der Waals surface area contributed by atoms with Crippen molar-refractivity contribution in [1.29, 1.82) is 0 Å². The molecule has 1 fully saturated rings. The van der Waals surface area contributed by atoms with Crippen LogP contribution in [-0.4, -0.2) is 28.7 Å². The van der Waals surface area contributed by atoms with E-state index >= 15 is 0 Å². The molecule has 0 aliphatic carbocycles. The highest BCUT2D eigenvalue weighted by Gasteiger charge is 2.30. The summed E-state index contributed by atoms with van der Waals surface area (Å²) in [5.74, 6) is 0.373. The Bertz CT molecular complexity index is 883. The second-order valence-corrected chi connectivity index (χ2v) is 8.54. The molecule has 27 heavy (non-hydrogen) atoms. The number of benzene rings is 1. The number of nitrogens with zero attached hydrogens (tertiary/aromatic N) is 1. The highest BCUT2D eigenvalue weighted by molar-refractivity contribution is 6.06. The van der Waals surface area contributed by atoms with Gasteiger partial charge in [0, 0.05) is 36.2 Å². The number of nitrogens with one attached hydrogen (secondary N) is 1. The zero-order valence-electron chi connectivity index (χ0n) is 16.7. The number of ether oxygens (including phenoxy) is 1. The summed E-state index contributed by atoms with van der Waals surface area (Å²) in [6.45, 7) is 9.62. The van der Waals surface area contributed by atoms with Crippen LogP contribution in [0, 0.1) is 5.92 Å². The Morgan fingerprint density at radius 3 is 2.67 bits per heavy atom. The van der Waals surface area contributed by atoms with E-state index in [2.05, 4.69) is 19.2 Å². The molecule has 1 aliphatic heterocycles. The van der Waals surface area contributed by atoms with Gasteiger partial charge in [-0.25, -0.2) is 0 Å². The van der Waals surface area contributed by atoms with E-state index < -0.39 is 0 Å². The molecular formula is C22H30N2O3. The van der Waals surface area contributed by atoms with Gasteiger partial charge in [0.05, 0.1) is 11.2 Å². The molecule has 0 radical (unpaired) electrons. The number of carbonyl (C=O) groups excluding carboxylic acids is 1. The largest absolute Gasteiger partial charge is 0.375 e. The van der Waals surface area contributed by atoms with Crippen molar-refractivity contribution in [3.8, 4) is 0 Å². The van der Waals surface area contributed by atoms with Gasteiger partial charge in [0.15, 0.2) is 0 Å². The van der Waals surface area contributed by atoms with Crippen molar-refractivity contribution >= 4 is 16.7 Å². The molecule has 0 unspecified atom stereocenters. The summed E-state index contributed by atoms with van der Waals surface area (Å²) in [5, 5.41) is 4.47. The van der Waals surface area contributed by atoms with Crippen LogP contribution in [0.3, 0.4) is 0 Å². The molecule has 3 rings (SSSR count). The molecule has 5 nitrogen and oxygen atoms in total. The first-order valence-electron chi connectivity index (χ1n) is 9.84. The summed E-state index contributed by atoms with van der Waals surface area (Å²) in [6, 6.07) is 7.45. The van der Waals surface area contributed by atoms with Gasteiger partial charge in [-0.15, -0.1) is 0 Å². The van der Waals surface area contributed by atoms with Crippen molar-refractivity contribution < 1.29 is 9.53 Å². The fraction of sp³-hybridized carbons (Fsp3) is 0.545. The molecule has 1 aliphatic rings. The van der Waals surface area contributed by atoms with Crippen molar-refractivity contribution in [2.75, 3.05) is 6.61 Å². The summed E-state index contributed by atoms with van der Waals surface area (Å²) >= 11 is 0. The topological polar surface area (TPSA) is 60.3 Å². The molecular weight excluding hydrogens is 340 g/mol. The van der Waals surface area contributed by atoms with E-state index in [0.717, 1.165) is 19.3 Å². The summed E-state index contributed by atoms with van der Waals surface area (Å²) in [7, 11) is 0. The standard InChI is InChI=1S/C22H30N2O3/c1-15(2)9-11-24-14-19(17-7-5-6-8-18(17)21(24)26)20(25)23-16-10-12-27-22(3,4)13-16/h5-8,14-16H,9-13H2,1-4H3,(H,23,25)/t16-/m1/s1. The first-order chi connectivity index (χ1) is 12.8. The molecule has 0 spiro atoms. The molecule has 2 aromatic rings. The number of fused-ring (bicyclic) bond motifs is 1. The molecule has 0 saturated carbocycles. The molecule has 1 aromatic heterocycles. The van der Waals surface area contributed by atoms with Crippen LogP contribution in [0.5, 0.6) is 0 Å². The minimum atomic E-state index is -0.228. The van der Waals surface area contributed by atoms with E-state index in [1.807, 2.05) is 32.0 Å². The van der Waals surface area contributed by atoms with Gasteiger partial charge < -0.3 is 14.6 Å². The van der Waals surface area contributed by atoms with Crippen molar-refractivity contribution in [2.24, 2.45) is 5.92 Å². The molecule has 1 atom stereocenters.